The molecular formula is C19H27N3. The van der Waals surface area contributed by atoms with Gasteiger partial charge in [0.2, 0.25) is 0 Å². The minimum atomic E-state index is 0.710. The van der Waals surface area contributed by atoms with E-state index in [4.69, 9.17) is 4.99 Å². The topological polar surface area (TPSA) is 27.6 Å². The van der Waals surface area contributed by atoms with Crippen LogP contribution in [0, 0.1) is 17.8 Å². The molecule has 2 saturated heterocycles. The molecule has 0 aromatic heterocycles. The lowest BCUT2D eigenvalue weighted by atomic mass is 9.68. The zero-order valence-corrected chi connectivity index (χ0v) is 13.5. The molecule has 2 unspecified atom stereocenters. The molecule has 3 heteroatoms. The standard InChI is InChI=1S/C19H27N3/c1-22(18-5-3-2-4-6-18)8-7-20-19-16-10-14-9-15(11-16)13-17(12-14)21-19/h2-6,14-17H,7-13H2,1H3,(H,20,21). The first kappa shape index (κ1) is 14.1. The zero-order chi connectivity index (χ0) is 14.9. The van der Waals surface area contributed by atoms with Crippen LogP contribution in [0.25, 0.3) is 0 Å². The summed E-state index contributed by atoms with van der Waals surface area (Å²) in [5, 5.41) is 3.78. The summed E-state index contributed by atoms with van der Waals surface area (Å²) >= 11 is 0. The third kappa shape index (κ3) is 2.86. The van der Waals surface area contributed by atoms with Crippen molar-refractivity contribution in [1.29, 1.82) is 0 Å². The third-order valence-electron chi connectivity index (χ3n) is 5.79. The third-order valence-corrected chi connectivity index (χ3v) is 5.79. The van der Waals surface area contributed by atoms with Crippen molar-refractivity contribution >= 4 is 11.5 Å². The number of nitrogens with one attached hydrogen (secondary N) is 1. The van der Waals surface area contributed by atoms with E-state index in [1.165, 1.54) is 43.6 Å². The number of fused-ring (bicyclic) bond motifs is 1. The predicted octanol–water partition coefficient (Wildman–Crippen LogP) is 3.32. The Morgan fingerprint density at radius 2 is 1.77 bits per heavy atom. The van der Waals surface area contributed by atoms with Crippen LogP contribution < -0.4 is 10.2 Å². The minimum absolute atomic E-state index is 0.710. The van der Waals surface area contributed by atoms with Crippen LogP contribution in [0.3, 0.4) is 0 Å². The van der Waals surface area contributed by atoms with Crippen molar-refractivity contribution in [3.63, 3.8) is 0 Å². The summed E-state index contributed by atoms with van der Waals surface area (Å²) in [5.74, 6) is 3.99. The largest absolute Gasteiger partial charge is 0.373 e. The van der Waals surface area contributed by atoms with E-state index in [0.29, 0.717) is 6.04 Å². The Labute approximate surface area is 133 Å². The van der Waals surface area contributed by atoms with Gasteiger partial charge in [0.05, 0.1) is 12.4 Å². The molecule has 0 amide bonds. The number of aliphatic imine (C=N–C) groups is 1. The smallest absolute Gasteiger partial charge is 0.0997 e. The van der Waals surface area contributed by atoms with Crippen LogP contribution in [0.1, 0.15) is 32.1 Å². The van der Waals surface area contributed by atoms with E-state index in [1.807, 2.05) is 0 Å². The second-order valence-electron chi connectivity index (χ2n) is 7.47. The molecule has 2 saturated carbocycles. The monoisotopic (exact) mass is 297 g/mol. The molecule has 1 N–H and O–H groups in total. The lowest BCUT2D eigenvalue weighted by Crippen LogP contribution is -2.36. The quantitative estimate of drug-likeness (QED) is 0.923. The molecule has 2 heterocycles. The van der Waals surface area contributed by atoms with Gasteiger partial charge in [-0.05, 0) is 56.1 Å². The van der Waals surface area contributed by atoms with Gasteiger partial charge in [0.1, 0.15) is 0 Å². The molecule has 1 aromatic rings. The fourth-order valence-corrected chi connectivity index (χ4v) is 4.83. The minimum Gasteiger partial charge on any atom is -0.373 e. The van der Waals surface area contributed by atoms with Crippen LogP contribution in [0.5, 0.6) is 0 Å². The van der Waals surface area contributed by atoms with E-state index >= 15 is 0 Å². The second-order valence-corrected chi connectivity index (χ2v) is 7.47. The molecule has 2 aliphatic carbocycles. The normalized spacial score (nSPS) is 34.5. The number of para-hydroxylation sites is 1. The van der Waals surface area contributed by atoms with Gasteiger partial charge < -0.3 is 10.2 Å². The first-order valence-electron chi connectivity index (χ1n) is 8.85. The Morgan fingerprint density at radius 1 is 1.05 bits per heavy atom. The lowest BCUT2D eigenvalue weighted by molar-refractivity contribution is 0.162. The van der Waals surface area contributed by atoms with Crippen LogP contribution in [-0.2, 0) is 0 Å². The van der Waals surface area contributed by atoms with Crippen molar-refractivity contribution in [2.24, 2.45) is 22.7 Å². The van der Waals surface area contributed by atoms with Gasteiger partial charge in [-0.1, -0.05) is 18.2 Å². The number of anilines is 1. The molecule has 118 valence electrons. The molecule has 0 radical (unpaired) electrons. The Morgan fingerprint density at radius 3 is 2.50 bits per heavy atom. The van der Waals surface area contributed by atoms with Gasteiger partial charge in [0, 0.05) is 31.2 Å². The summed E-state index contributed by atoms with van der Waals surface area (Å²) in [4.78, 5) is 7.27. The molecule has 0 spiro atoms. The first-order valence-corrected chi connectivity index (χ1v) is 8.85. The van der Waals surface area contributed by atoms with E-state index in [2.05, 4.69) is 47.6 Å². The van der Waals surface area contributed by atoms with E-state index in [-0.39, 0.29) is 0 Å². The van der Waals surface area contributed by atoms with Gasteiger partial charge in [0.25, 0.3) is 0 Å². The molecule has 1 aromatic carbocycles. The number of likely N-dealkylation sites (N-methyl/N-ethyl adjacent to an activating group) is 1. The Hall–Kier alpha value is -1.51. The highest BCUT2D eigenvalue weighted by atomic mass is 15.1. The van der Waals surface area contributed by atoms with Crippen LogP contribution in [0.4, 0.5) is 5.69 Å². The average Bonchev–Trinajstić information content (AvgIpc) is 2.72. The maximum Gasteiger partial charge on any atom is 0.0997 e. The average molecular weight is 297 g/mol. The molecule has 2 atom stereocenters. The maximum atomic E-state index is 4.97. The molecule has 4 fully saturated rings. The number of benzene rings is 1. The molecule has 3 nitrogen and oxygen atoms in total. The van der Waals surface area contributed by atoms with Gasteiger partial charge >= 0.3 is 0 Å². The first-order chi connectivity index (χ1) is 10.8. The van der Waals surface area contributed by atoms with Gasteiger partial charge in [-0.2, -0.15) is 0 Å². The second kappa shape index (κ2) is 5.94. The SMILES string of the molecule is CN(CCN=C1NC2CC3CC(C2)CC1C3)c1ccccc1. The van der Waals surface area contributed by atoms with Crippen molar-refractivity contribution in [2.75, 3.05) is 25.0 Å². The zero-order valence-electron chi connectivity index (χ0n) is 13.5. The van der Waals surface area contributed by atoms with Crippen molar-refractivity contribution in [3.05, 3.63) is 30.3 Å². The number of nitrogens with zero attached hydrogens (tertiary/aromatic N) is 2. The molecule has 4 bridgehead atoms. The highest BCUT2D eigenvalue weighted by Gasteiger charge is 2.41. The number of hydrogen-bond acceptors (Lipinski definition) is 2. The van der Waals surface area contributed by atoms with Crippen LogP contribution in [0.2, 0.25) is 0 Å². The number of amidine groups is 1. The van der Waals surface area contributed by atoms with Crippen molar-refractivity contribution in [2.45, 2.75) is 38.1 Å². The van der Waals surface area contributed by atoms with Crippen molar-refractivity contribution in [1.82, 2.24) is 5.32 Å². The molecular weight excluding hydrogens is 270 g/mol. The predicted molar refractivity (Wildman–Crippen MR) is 92.5 cm³/mol. The highest BCUT2D eigenvalue weighted by molar-refractivity contribution is 5.85. The lowest BCUT2D eigenvalue weighted by Gasteiger charge is -2.37. The molecule has 4 aliphatic rings. The Balaban J connectivity index is 1.39. The summed E-state index contributed by atoms with van der Waals surface area (Å²) in [7, 11) is 2.16. The summed E-state index contributed by atoms with van der Waals surface area (Å²) in [6.45, 7) is 1.88. The fourth-order valence-electron chi connectivity index (χ4n) is 4.83. The fraction of sp³-hybridized carbons (Fsp3) is 0.632. The molecule has 22 heavy (non-hydrogen) atoms. The van der Waals surface area contributed by atoms with Gasteiger partial charge in [-0.25, -0.2) is 0 Å². The van der Waals surface area contributed by atoms with E-state index in [0.717, 1.165) is 30.8 Å². The van der Waals surface area contributed by atoms with E-state index in [1.54, 1.807) is 0 Å². The van der Waals surface area contributed by atoms with Crippen LogP contribution in [-0.4, -0.2) is 32.0 Å². The van der Waals surface area contributed by atoms with Gasteiger partial charge in [-0.15, -0.1) is 0 Å². The van der Waals surface area contributed by atoms with E-state index in [9.17, 15) is 0 Å². The highest BCUT2D eigenvalue weighted by Crippen LogP contribution is 2.45. The summed E-state index contributed by atoms with van der Waals surface area (Å²) in [5.41, 5.74) is 1.27. The Kier molecular flexibility index (Phi) is 3.81. The van der Waals surface area contributed by atoms with Crippen LogP contribution >= 0.6 is 0 Å². The van der Waals surface area contributed by atoms with Crippen molar-refractivity contribution in [3.8, 4) is 0 Å². The maximum absolute atomic E-state index is 4.97. The summed E-state index contributed by atoms with van der Waals surface area (Å²) in [6, 6.07) is 11.3. The van der Waals surface area contributed by atoms with Gasteiger partial charge in [-0.3, -0.25) is 4.99 Å². The molecule has 2 aliphatic heterocycles. The Bertz CT molecular complexity index is 525. The van der Waals surface area contributed by atoms with Crippen molar-refractivity contribution < 1.29 is 0 Å². The number of rotatable bonds is 4. The number of hydrogen-bond donors (Lipinski definition) is 1. The summed E-state index contributed by atoms with van der Waals surface area (Å²) < 4.78 is 0. The summed E-state index contributed by atoms with van der Waals surface area (Å²) in [6.07, 6.45) is 7.02. The van der Waals surface area contributed by atoms with Gasteiger partial charge in [0.15, 0.2) is 0 Å². The molecule has 5 rings (SSSR count). The van der Waals surface area contributed by atoms with E-state index < -0.39 is 0 Å². The van der Waals surface area contributed by atoms with Crippen LogP contribution in [0.15, 0.2) is 35.3 Å².